The number of aryl methyl sites for hydroxylation is 1. The smallest absolute Gasteiger partial charge is 0.246 e. The molecular formula is C16H20N4O2. The number of carbonyl (C=O) groups excluding carboxylic acids is 1. The molecule has 1 fully saturated rings. The normalized spacial score (nSPS) is 14.9. The number of benzene rings is 1. The lowest BCUT2D eigenvalue weighted by atomic mass is 10.1. The van der Waals surface area contributed by atoms with Crippen molar-refractivity contribution in [3.63, 3.8) is 0 Å². The summed E-state index contributed by atoms with van der Waals surface area (Å²) in [5.41, 5.74) is 3.01. The third-order valence-corrected chi connectivity index (χ3v) is 3.74. The molecule has 1 aromatic heterocycles. The molecule has 1 aliphatic rings. The van der Waals surface area contributed by atoms with Crippen molar-refractivity contribution in [3.05, 3.63) is 42.2 Å². The molecule has 2 heterocycles. The number of carbonyl (C=O) groups is 1. The minimum absolute atomic E-state index is 0.0778. The van der Waals surface area contributed by atoms with Gasteiger partial charge in [-0.2, -0.15) is 5.10 Å². The van der Waals surface area contributed by atoms with Crippen LogP contribution in [0.15, 0.2) is 36.7 Å². The molecule has 1 saturated heterocycles. The molecule has 1 amide bonds. The topological polar surface area (TPSA) is 59.4 Å². The van der Waals surface area contributed by atoms with E-state index in [9.17, 15) is 4.79 Å². The second-order valence-corrected chi connectivity index (χ2v) is 5.35. The maximum atomic E-state index is 12.1. The summed E-state index contributed by atoms with van der Waals surface area (Å²) in [6.07, 6.45) is 3.44. The molecule has 6 heteroatoms. The molecule has 22 heavy (non-hydrogen) atoms. The monoisotopic (exact) mass is 300 g/mol. The fraction of sp³-hybridized carbons (Fsp3) is 0.375. The number of nitrogens with one attached hydrogen (secondary N) is 1. The van der Waals surface area contributed by atoms with E-state index in [1.165, 1.54) is 0 Å². The number of anilines is 2. The van der Waals surface area contributed by atoms with Crippen molar-refractivity contribution >= 4 is 17.3 Å². The highest BCUT2D eigenvalue weighted by molar-refractivity contribution is 5.91. The Hall–Kier alpha value is -2.34. The lowest BCUT2D eigenvalue weighted by Crippen LogP contribution is -2.36. The van der Waals surface area contributed by atoms with Crippen LogP contribution in [-0.4, -0.2) is 42.0 Å². The average Bonchev–Trinajstić information content (AvgIpc) is 3.03. The first-order valence-electron chi connectivity index (χ1n) is 7.43. The van der Waals surface area contributed by atoms with E-state index < -0.39 is 0 Å². The number of morpholine rings is 1. The van der Waals surface area contributed by atoms with Gasteiger partial charge in [0, 0.05) is 36.9 Å². The van der Waals surface area contributed by atoms with E-state index in [0.717, 1.165) is 43.2 Å². The van der Waals surface area contributed by atoms with Gasteiger partial charge in [0.05, 0.1) is 13.2 Å². The summed E-state index contributed by atoms with van der Waals surface area (Å²) in [7, 11) is 0. The van der Waals surface area contributed by atoms with Crippen LogP contribution in [-0.2, 0) is 16.1 Å². The minimum Gasteiger partial charge on any atom is -0.378 e. The van der Waals surface area contributed by atoms with Gasteiger partial charge in [0.1, 0.15) is 6.54 Å². The van der Waals surface area contributed by atoms with E-state index >= 15 is 0 Å². The quantitative estimate of drug-likeness (QED) is 0.933. The number of aromatic nitrogens is 2. The Morgan fingerprint density at radius 1 is 1.36 bits per heavy atom. The van der Waals surface area contributed by atoms with E-state index in [-0.39, 0.29) is 12.5 Å². The van der Waals surface area contributed by atoms with Crippen LogP contribution in [0.3, 0.4) is 0 Å². The zero-order valence-electron chi connectivity index (χ0n) is 12.7. The van der Waals surface area contributed by atoms with Gasteiger partial charge in [0.15, 0.2) is 0 Å². The molecule has 0 bridgehead atoms. The first kappa shape index (κ1) is 14.6. The molecule has 0 radical (unpaired) electrons. The summed E-state index contributed by atoms with van der Waals surface area (Å²) in [4.78, 5) is 14.4. The van der Waals surface area contributed by atoms with Crippen LogP contribution in [0, 0.1) is 6.92 Å². The Bertz CT molecular complexity index is 634. The summed E-state index contributed by atoms with van der Waals surface area (Å²) < 4.78 is 6.98. The highest BCUT2D eigenvalue weighted by atomic mass is 16.5. The van der Waals surface area contributed by atoms with Crippen LogP contribution in [0.1, 0.15) is 5.56 Å². The van der Waals surface area contributed by atoms with Gasteiger partial charge in [-0.3, -0.25) is 9.48 Å². The largest absolute Gasteiger partial charge is 0.378 e. The molecule has 0 aliphatic carbocycles. The van der Waals surface area contributed by atoms with Crippen molar-refractivity contribution in [2.45, 2.75) is 13.5 Å². The summed E-state index contributed by atoms with van der Waals surface area (Å²) in [6.45, 7) is 5.46. The van der Waals surface area contributed by atoms with E-state index in [4.69, 9.17) is 4.74 Å². The maximum absolute atomic E-state index is 12.1. The molecule has 3 rings (SSSR count). The molecule has 1 aliphatic heterocycles. The zero-order valence-corrected chi connectivity index (χ0v) is 12.7. The molecule has 6 nitrogen and oxygen atoms in total. The first-order valence-corrected chi connectivity index (χ1v) is 7.43. The molecule has 0 unspecified atom stereocenters. The zero-order chi connectivity index (χ0) is 15.4. The van der Waals surface area contributed by atoms with Gasteiger partial charge in [-0.15, -0.1) is 0 Å². The van der Waals surface area contributed by atoms with Gasteiger partial charge in [-0.1, -0.05) is 6.07 Å². The Labute approximate surface area is 129 Å². The van der Waals surface area contributed by atoms with Crippen molar-refractivity contribution in [2.24, 2.45) is 0 Å². The van der Waals surface area contributed by atoms with E-state index in [1.54, 1.807) is 23.1 Å². The van der Waals surface area contributed by atoms with Gasteiger partial charge in [0.25, 0.3) is 0 Å². The minimum atomic E-state index is -0.0778. The van der Waals surface area contributed by atoms with Crippen molar-refractivity contribution in [3.8, 4) is 0 Å². The number of hydrogen-bond acceptors (Lipinski definition) is 4. The first-order chi connectivity index (χ1) is 10.7. The second kappa shape index (κ2) is 6.62. The summed E-state index contributed by atoms with van der Waals surface area (Å²) in [5.74, 6) is -0.0778. The van der Waals surface area contributed by atoms with Crippen molar-refractivity contribution in [1.82, 2.24) is 9.78 Å². The van der Waals surface area contributed by atoms with Crippen molar-refractivity contribution in [1.29, 1.82) is 0 Å². The molecule has 1 aromatic carbocycles. The molecular weight excluding hydrogens is 280 g/mol. The fourth-order valence-corrected chi connectivity index (χ4v) is 2.49. The molecule has 2 aromatic rings. The number of rotatable bonds is 4. The van der Waals surface area contributed by atoms with Crippen LogP contribution in [0.4, 0.5) is 11.4 Å². The summed E-state index contributed by atoms with van der Waals surface area (Å²) >= 11 is 0. The van der Waals surface area contributed by atoms with Crippen LogP contribution >= 0.6 is 0 Å². The molecule has 0 spiro atoms. The van der Waals surface area contributed by atoms with Crippen molar-refractivity contribution < 1.29 is 9.53 Å². The third kappa shape index (κ3) is 3.46. The van der Waals surface area contributed by atoms with Crippen molar-refractivity contribution in [2.75, 3.05) is 36.5 Å². The summed E-state index contributed by atoms with van der Waals surface area (Å²) in [5, 5.41) is 7.02. The highest BCUT2D eigenvalue weighted by Crippen LogP contribution is 2.24. The van der Waals surface area contributed by atoms with E-state index in [0.29, 0.717) is 0 Å². The number of ether oxygens (including phenoxy) is 1. The van der Waals surface area contributed by atoms with Crippen LogP contribution in [0.25, 0.3) is 0 Å². The van der Waals surface area contributed by atoms with Crippen LogP contribution in [0.5, 0.6) is 0 Å². The molecule has 116 valence electrons. The standard InChI is InChI=1S/C16H20N4O2/c1-13-3-4-14(19-7-9-22-10-8-19)11-15(13)18-16(21)12-20-6-2-5-17-20/h2-6,11H,7-10,12H2,1H3,(H,18,21). The average molecular weight is 300 g/mol. The van der Waals surface area contributed by atoms with E-state index in [2.05, 4.69) is 21.4 Å². The third-order valence-electron chi connectivity index (χ3n) is 3.74. The van der Waals surface area contributed by atoms with E-state index in [1.807, 2.05) is 19.1 Å². The Balaban J connectivity index is 1.70. The molecule has 0 atom stereocenters. The SMILES string of the molecule is Cc1ccc(N2CCOCC2)cc1NC(=O)Cn1cccn1. The Morgan fingerprint density at radius 3 is 2.91 bits per heavy atom. The lowest BCUT2D eigenvalue weighted by molar-refractivity contribution is -0.116. The highest BCUT2D eigenvalue weighted by Gasteiger charge is 2.13. The fourth-order valence-electron chi connectivity index (χ4n) is 2.49. The number of amides is 1. The maximum Gasteiger partial charge on any atom is 0.246 e. The Morgan fingerprint density at radius 2 is 2.18 bits per heavy atom. The second-order valence-electron chi connectivity index (χ2n) is 5.35. The Kier molecular flexibility index (Phi) is 4.39. The lowest BCUT2D eigenvalue weighted by Gasteiger charge is -2.29. The van der Waals surface area contributed by atoms with Crippen LogP contribution in [0.2, 0.25) is 0 Å². The molecule has 0 saturated carbocycles. The van der Waals surface area contributed by atoms with Gasteiger partial charge >= 0.3 is 0 Å². The van der Waals surface area contributed by atoms with Gasteiger partial charge in [-0.05, 0) is 30.7 Å². The van der Waals surface area contributed by atoms with Gasteiger partial charge < -0.3 is 15.0 Å². The van der Waals surface area contributed by atoms with Gasteiger partial charge in [0.2, 0.25) is 5.91 Å². The summed E-state index contributed by atoms with van der Waals surface area (Å²) in [6, 6.07) is 7.96. The predicted molar refractivity (Wildman–Crippen MR) is 85.1 cm³/mol. The van der Waals surface area contributed by atoms with Crippen LogP contribution < -0.4 is 10.2 Å². The molecule has 1 N–H and O–H groups in total. The van der Waals surface area contributed by atoms with Gasteiger partial charge in [-0.25, -0.2) is 0 Å². The number of hydrogen-bond donors (Lipinski definition) is 1. The number of nitrogens with zero attached hydrogens (tertiary/aromatic N) is 3. The predicted octanol–water partition coefficient (Wildman–Crippen LogP) is 1.67.